The maximum atomic E-state index is 10.3. The molecule has 0 aromatic carbocycles. The van der Waals surface area contributed by atoms with E-state index < -0.39 is 37.9 Å². The molecule has 2 heterocycles. The summed E-state index contributed by atoms with van der Waals surface area (Å²) in [5, 5.41) is 20.4. The fraction of sp³-hybridized carbons (Fsp3) is 0.977. The van der Waals surface area contributed by atoms with Crippen LogP contribution in [0, 0.1) is 0 Å². The van der Waals surface area contributed by atoms with Crippen molar-refractivity contribution in [2.75, 3.05) is 20.9 Å². The van der Waals surface area contributed by atoms with Gasteiger partial charge in [0.25, 0.3) is 0 Å². The Balaban J connectivity index is 0.00000105. The van der Waals surface area contributed by atoms with Crippen molar-refractivity contribution in [3.8, 4) is 0 Å². The first-order valence-corrected chi connectivity index (χ1v) is 22.1. The van der Waals surface area contributed by atoms with Gasteiger partial charge in [-0.05, 0) is 19.3 Å². The maximum Gasteiger partial charge on any atom is 0.186 e. The summed E-state index contributed by atoms with van der Waals surface area (Å²) in [5.74, 6) is 0. The normalized spacial score (nSPS) is 22.8. The second kappa shape index (κ2) is 40.0. The Hall–Kier alpha value is -0.640. The van der Waals surface area contributed by atoms with Gasteiger partial charge in [-0.1, -0.05) is 194 Å². The quantitative estimate of drug-likeness (QED) is 0.0510. The minimum atomic E-state index is -1.10. The molecule has 2 saturated heterocycles. The summed E-state index contributed by atoms with van der Waals surface area (Å²) in [7, 11) is 0.449. The summed E-state index contributed by atoms with van der Waals surface area (Å²) < 4.78 is 37.8. The number of aliphatic hydroxyl groups excluding tert-OH is 2. The minimum Gasteiger partial charge on any atom is -0.387 e. The molecule has 2 fully saturated rings. The average Bonchev–Trinajstić information content (AvgIpc) is 3.17. The number of aldehydes is 1. The standard InChI is InChI=1S/C25H48O6.C18H36O.CH3F/c1-3-4-5-6-7-8-9-10-11-12-13-14-15-16-17-18-21-29-19-20-24(31-21)22(26)23(27)25(28-2)30-20;1-2-3-4-5-6-7-8-9-10-11-12-13-14-15-16-17-18-19;1-2/h20-27H,3-19H2,1-2H3;18H,2-17H2,1H3;1H3/i;;1D. The lowest BCUT2D eigenvalue weighted by molar-refractivity contribution is -0.356. The highest BCUT2D eigenvalue weighted by atomic mass is 19.1. The Morgan fingerprint density at radius 3 is 1.35 bits per heavy atom. The number of ether oxygens (including phenoxy) is 4. The van der Waals surface area contributed by atoms with Gasteiger partial charge in [0.05, 0.1) is 15.1 Å². The van der Waals surface area contributed by atoms with Crippen LogP contribution in [0.5, 0.6) is 0 Å². The molecule has 0 aromatic rings. The van der Waals surface area contributed by atoms with Gasteiger partial charge in [-0.2, -0.15) is 0 Å². The molecule has 0 amide bonds. The second-order valence-corrected chi connectivity index (χ2v) is 15.3. The molecule has 0 spiro atoms. The number of aliphatic hydroxyl groups is 2. The minimum absolute atomic E-state index is 0.326. The number of alkyl halides is 1. The number of methoxy groups -OCH3 is 1. The number of hydrogen-bond donors (Lipinski definition) is 2. The van der Waals surface area contributed by atoms with Crippen molar-refractivity contribution in [1.82, 2.24) is 0 Å². The summed E-state index contributed by atoms with van der Waals surface area (Å²) in [5.41, 5.74) is 0. The van der Waals surface area contributed by atoms with Crippen LogP contribution in [0.15, 0.2) is 0 Å². The summed E-state index contributed by atoms with van der Waals surface area (Å²) >= 11 is 0. The highest BCUT2D eigenvalue weighted by molar-refractivity contribution is 5.48. The smallest absolute Gasteiger partial charge is 0.186 e. The molecule has 0 bridgehead atoms. The lowest BCUT2D eigenvalue weighted by Crippen LogP contribution is -2.63. The van der Waals surface area contributed by atoms with Crippen LogP contribution in [0.2, 0.25) is 0 Å². The van der Waals surface area contributed by atoms with Crippen molar-refractivity contribution in [2.45, 2.75) is 256 Å². The van der Waals surface area contributed by atoms with Crippen LogP contribution in [-0.2, 0) is 23.7 Å². The van der Waals surface area contributed by atoms with Crippen molar-refractivity contribution < 1.29 is 39.7 Å². The number of hydrogen-bond acceptors (Lipinski definition) is 7. The van der Waals surface area contributed by atoms with Crippen molar-refractivity contribution >= 4 is 6.29 Å². The molecular weight excluding hydrogens is 659 g/mol. The van der Waals surface area contributed by atoms with E-state index in [-0.39, 0.29) is 6.29 Å². The molecule has 2 aliphatic rings. The van der Waals surface area contributed by atoms with Gasteiger partial charge in [0.15, 0.2) is 12.6 Å². The van der Waals surface area contributed by atoms with Gasteiger partial charge in [-0.15, -0.1) is 0 Å². The van der Waals surface area contributed by atoms with E-state index in [0.717, 1.165) is 32.0 Å². The van der Waals surface area contributed by atoms with Crippen LogP contribution in [0.1, 0.15) is 221 Å². The van der Waals surface area contributed by atoms with E-state index in [1.807, 2.05) is 0 Å². The van der Waals surface area contributed by atoms with E-state index in [2.05, 4.69) is 13.8 Å². The number of carbonyl (C=O) groups is 1. The highest BCUT2D eigenvalue weighted by Gasteiger charge is 2.48. The van der Waals surface area contributed by atoms with Crippen LogP contribution >= 0.6 is 0 Å². The predicted molar refractivity (Wildman–Crippen MR) is 214 cm³/mol. The van der Waals surface area contributed by atoms with Crippen LogP contribution in [0.3, 0.4) is 0 Å². The molecule has 6 atom stereocenters. The zero-order valence-corrected chi connectivity index (χ0v) is 34.4. The Morgan fingerprint density at radius 1 is 0.615 bits per heavy atom. The molecular formula is C44H87FO7. The van der Waals surface area contributed by atoms with Gasteiger partial charge >= 0.3 is 0 Å². The number of fused-ring (bicyclic) bond motifs is 1. The Kier molecular flexibility index (Phi) is 38.0. The molecule has 0 saturated carbocycles. The topological polar surface area (TPSA) is 94.5 Å². The molecule has 0 aliphatic carbocycles. The van der Waals surface area contributed by atoms with Gasteiger partial charge in [0, 0.05) is 13.5 Å². The maximum absolute atomic E-state index is 10.3. The fourth-order valence-corrected chi connectivity index (χ4v) is 7.25. The largest absolute Gasteiger partial charge is 0.387 e. The monoisotopic (exact) mass is 748 g/mol. The lowest BCUT2D eigenvalue weighted by atomic mass is 9.98. The highest BCUT2D eigenvalue weighted by Crippen LogP contribution is 2.30. The third-order valence-electron chi connectivity index (χ3n) is 10.6. The van der Waals surface area contributed by atoms with Crippen LogP contribution in [-0.4, -0.2) is 74.4 Å². The first-order chi connectivity index (χ1) is 26.0. The molecule has 0 aromatic heterocycles. The molecule has 2 N–H and O–H groups in total. The Bertz CT molecular complexity index is 734. The third kappa shape index (κ3) is 28.8. The second-order valence-electron chi connectivity index (χ2n) is 15.3. The molecule has 7 nitrogen and oxygen atoms in total. The van der Waals surface area contributed by atoms with Crippen LogP contribution in [0.25, 0.3) is 0 Å². The first kappa shape index (κ1) is 49.4. The number of rotatable bonds is 33. The predicted octanol–water partition coefficient (Wildman–Crippen LogP) is 12.1. The molecule has 6 unspecified atom stereocenters. The van der Waals surface area contributed by atoms with Gasteiger partial charge in [-0.25, -0.2) is 0 Å². The number of halogens is 1. The molecule has 2 aliphatic heterocycles. The van der Waals surface area contributed by atoms with Gasteiger partial charge in [-0.3, -0.25) is 4.39 Å². The van der Waals surface area contributed by atoms with E-state index in [0.29, 0.717) is 6.61 Å². The summed E-state index contributed by atoms with van der Waals surface area (Å²) in [6.45, 7) is 4.91. The van der Waals surface area contributed by atoms with Crippen molar-refractivity contribution in [1.29, 1.82) is 0 Å². The van der Waals surface area contributed by atoms with Crippen molar-refractivity contribution in [3.63, 3.8) is 0 Å². The van der Waals surface area contributed by atoms with Crippen molar-refractivity contribution in [2.24, 2.45) is 0 Å². The summed E-state index contributed by atoms with van der Waals surface area (Å²) in [4.78, 5) is 10.1. The van der Waals surface area contributed by atoms with E-state index in [1.165, 1.54) is 187 Å². The van der Waals surface area contributed by atoms with E-state index in [9.17, 15) is 19.4 Å². The molecule has 0 radical (unpaired) electrons. The Labute approximate surface area is 322 Å². The molecule has 52 heavy (non-hydrogen) atoms. The fourth-order valence-electron chi connectivity index (χ4n) is 7.25. The summed E-state index contributed by atoms with van der Waals surface area (Å²) in [6, 6.07) is 0. The van der Waals surface area contributed by atoms with E-state index >= 15 is 0 Å². The zero-order chi connectivity index (χ0) is 39.0. The molecule has 8 heteroatoms. The Morgan fingerprint density at radius 2 is 0.981 bits per heavy atom. The average molecular weight is 748 g/mol. The van der Waals surface area contributed by atoms with Crippen molar-refractivity contribution in [3.05, 3.63) is 0 Å². The number of unbranched alkanes of at least 4 members (excludes halogenated alkanes) is 29. The van der Waals surface area contributed by atoms with E-state index in [1.54, 1.807) is 0 Å². The third-order valence-corrected chi connectivity index (χ3v) is 10.6. The summed E-state index contributed by atoms with van der Waals surface area (Å²) in [6.07, 6.45) is 39.3. The van der Waals surface area contributed by atoms with Gasteiger partial charge in [0.1, 0.15) is 30.7 Å². The van der Waals surface area contributed by atoms with Gasteiger partial charge in [0.2, 0.25) is 0 Å². The number of carbonyl (C=O) groups excluding carboxylic acids is 1. The molecule has 2 rings (SSSR count). The zero-order valence-electron chi connectivity index (χ0n) is 35.4. The van der Waals surface area contributed by atoms with Crippen LogP contribution < -0.4 is 0 Å². The van der Waals surface area contributed by atoms with E-state index in [4.69, 9.17) is 20.3 Å². The lowest BCUT2D eigenvalue weighted by Gasteiger charge is -2.45. The molecule has 312 valence electrons. The SMILES string of the molecule is CCCCCCCCCCCCCCCCCC1OCC2OC(OC)C(O)C(O)C2O1.CCCCCCCCCCCCCCCCCC=O.[2H]CF. The van der Waals surface area contributed by atoms with Crippen LogP contribution in [0.4, 0.5) is 4.39 Å². The first-order valence-electron chi connectivity index (χ1n) is 22.8. The van der Waals surface area contributed by atoms with Gasteiger partial charge < -0.3 is 34.0 Å².